The van der Waals surface area contributed by atoms with Crippen LogP contribution < -0.4 is 14.7 Å². The Balaban J connectivity index is 1.49. The van der Waals surface area contributed by atoms with Gasteiger partial charge < -0.3 is 15.3 Å². The molecule has 10 heteroatoms. The first-order valence-corrected chi connectivity index (χ1v) is 14.1. The molecular weight excluding hydrogens is 464 g/mol. The lowest BCUT2D eigenvalue weighted by Gasteiger charge is -2.36. The molecule has 3 aliphatic rings. The average Bonchev–Trinajstić information content (AvgIpc) is 3.53. The molecule has 1 unspecified atom stereocenters. The van der Waals surface area contributed by atoms with Crippen LogP contribution in [0.2, 0.25) is 0 Å². The van der Waals surface area contributed by atoms with Crippen molar-refractivity contribution in [3.8, 4) is 0 Å². The number of nitrogens with one attached hydrogen (secondary N) is 1. The zero-order valence-electron chi connectivity index (χ0n) is 20.8. The fraction of sp³-hybridized carbons (Fsp3) is 0.600. The molecule has 0 saturated carbocycles. The monoisotopic (exact) mass is 499 g/mol. The van der Waals surface area contributed by atoms with Gasteiger partial charge in [0.15, 0.2) is 0 Å². The van der Waals surface area contributed by atoms with Crippen molar-refractivity contribution < 1.29 is 13.5 Å². The van der Waals surface area contributed by atoms with E-state index in [1.807, 2.05) is 20.9 Å². The molecule has 1 fully saturated rings. The van der Waals surface area contributed by atoms with E-state index < -0.39 is 16.2 Å². The summed E-state index contributed by atoms with van der Waals surface area (Å²) in [7, 11) is -2.31. The Labute approximate surface area is 208 Å². The lowest BCUT2D eigenvalue weighted by Crippen LogP contribution is -2.49. The molecule has 0 amide bonds. The highest BCUT2D eigenvalue weighted by molar-refractivity contribution is 7.91. The van der Waals surface area contributed by atoms with Crippen molar-refractivity contribution in [1.29, 1.82) is 0 Å². The first-order chi connectivity index (χ1) is 16.7. The largest absolute Gasteiger partial charge is 0.845 e. The zero-order valence-corrected chi connectivity index (χ0v) is 21.6. The number of nitrogens with zero attached hydrogens (tertiary/aromatic N) is 5. The van der Waals surface area contributed by atoms with Crippen molar-refractivity contribution in [3.63, 3.8) is 0 Å². The number of benzene rings is 1. The molecule has 1 aromatic heterocycles. The molecule has 0 spiro atoms. The van der Waals surface area contributed by atoms with Crippen LogP contribution in [0.3, 0.4) is 0 Å². The molecule has 1 N–H and O–H groups in total. The van der Waals surface area contributed by atoms with E-state index in [9.17, 15) is 13.5 Å². The van der Waals surface area contributed by atoms with E-state index in [0.29, 0.717) is 18.7 Å². The van der Waals surface area contributed by atoms with Gasteiger partial charge in [-0.15, -0.1) is 4.40 Å². The highest BCUT2D eigenvalue weighted by Gasteiger charge is 2.34. The molecule has 2 heterocycles. The third kappa shape index (κ3) is 4.78. The molecule has 190 valence electrons. The second-order valence-electron chi connectivity index (χ2n) is 10.4. The Kier molecular flexibility index (Phi) is 6.52. The van der Waals surface area contributed by atoms with Gasteiger partial charge in [-0.3, -0.25) is 4.68 Å². The van der Waals surface area contributed by atoms with E-state index >= 15 is 0 Å². The predicted molar refractivity (Wildman–Crippen MR) is 136 cm³/mol. The minimum Gasteiger partial charge on any atom is -0.845 e. The first-order valence-electron chi connectivity index (χ1n) is 12.7. The van der Waals surface area contributed by atoms with E-state index in [4.69, 9.17) is 0 Å². The van der Waals surface area contributed by atoms with Gasteiger partial charge in [-0.25, -0.2) is 4.31 Å². The summed E-state index contributed by atoms with van der Waals surface area (Å²) in [6, 6.07) is 1.22. The quantitative estimate of drug-likeness (QED) is 0.483. The fourth-order valence-electron chi connectivity index (χ4n) is 5.83. The maximum atomic E-state index is 13.6. The second-order valence-corrected chi connectivity index (χ2v) is 11.8. The van der Waals surface area contributed by atoms with E-state index in [2.05, 4.69) is 25.8 Å². The SMILES string of the molecule is CC(C)n1cc(N(C2CCCN(C)C2)S(=O)(=O)/N=C(\[O-])Nc2c3c(cc4c2CCC4)CCC3)cn1. The van der Waals surface area contributed by atoms with E-state index in [0.717, 1.165) is 68.3 Å². The van der Waals surface area contributed by atoms with Gasteiger partial charge in [-0.1, -0.05) is 6.07 Å². The minimum atomic E-state index is -4.29. The summed E-state index contributed by atoms with van der Waals surface area (Å²) in [4.78, 5) is 2.11. The Bertz CT molecular complexity index is 1200. The van der Waals surface area contributed by atoms with Crippen molar-refractivity contribution in [3.05, 3.63) is 40.7 Å². The number of piperidine rings is 1. The number of likely N-dealkylation sites (N-methyl/N-ethyl adjacent to an activating group) is 1. The van der Waals surface area contributed by atoms with Crippen LogP contribution >= 0.6 is 0 Å². The van der Waals surface area contributed by atoms with Gasteiger partial charge in [0.25, 0.3) is 0 Å². The number of anilines is 2. The molecule has 2 aliphatic carbocycles. The topological polar surface area (TPSA) is 106 Å². The summed E-state index contributed by atoms with van der Waals surface area (Å²) >= 11 is 0. The van der Waals surface area contributed by atoms with E-state index in [1.54, 1.807) is 17.1 Å². The van der Waals surface area contributed by atoms with Crippen molar-refractivity contribution in [2.75, 3.05) is 29.8 Å². The summed E-state index contributed by atoms with van der Waals surface area (Å²) in [6.07, 6.45) is 10.8. The molecule has 1 saturated heterocycles. The number of hydrogen-bond acceptors (Lipinski definition) is 5. The normalized spacial score (nSPS) is 20.8. The van der Waals surface area contributed by atoms with Gasteiger partial charge in [0.2, 0.25) is 0 Å². The third-order valence-corrected chi connectivity index (χ3v) is 8.86. The van der Waals surface area contributed by atoms with Crippen LogP contribution in [0.25, 0.3) is 0 Å². The smallest absolute Gasteiger partial charge is 0.345 e. The molecule has 9 nitrogen and oxygen atoms in total. The minimum absolute atomic E-state index is 0.0878. The van der Waals surface area contributed by atoms with Crippen molar-refractivity contribution in [1.82, 2.24) is 14.7 Å². The maximum absolute atomic E-state index is 13.6. The zero-order chi connectivity index (χ0) is 24.7. The van der Waals surface area contributed by atoms with E-state index in [1.165, 1.54) is 15.4 Å². The standard InChI is InChI=1S/C25H36N6O3S/c1-17(2)30-16-21(14-26-30)31(20-9-6-12-29(3)15-20)35(33,34)28-25(32)27-24-22-10-4-7-18(22)13-19-8-5-11-23(19)24/h13-14,16-17,20H,4-12,15H2,1-3H3,(H2,27,28,32)/p-1. The summed E-state index contributed by atoms with van der Waals surface area (Å²) in [6.45, 7) is 5.46. The summed E-state index contributed by atoms with van der Waals surface area (Å²) < 4.78 is 34.1. The Morgan fingerprint density at radius 3 is 2.46 bits per heavy atom. The van der Waals surface area contributed by atoms with Crippen LogP contribution in [0.15, 0.2) is 22.9 Å². The number of aryl methyl sites for hydroxylation is 2. The summed E-state index contributed by atoms with van der Waals surface area (Å²) in [5.74, 6) is 0. The molecule has 0 radical (unpaired) electrons. The van der Waals surface area contributed by atoms with Crippen molar-refractivity contribution >= 4 is 27.6 Å². The number of amidine groups is 1. The number of aromatic nitrogens is 2. The molecule has 5 rings (SSSR count). The molecule has 1 atom stereocenters. The highest BCUT2D eigenvalue weighted by Crippen LogP contribution is 2.38. The van der Waals surface area contributed by atoms with Gasteiger partial charge in [0.1, 0.15) is 0 Å². The number of fused-ring (bicyclic) bond motifs is 2. The van der Waals surface area contributed by atoms with Crippen LogP contribution in [0.1, 0.15) is 67.8 Å². The number of rotatable bonds is 6. The molecule has 35 heavy (non-hydrogen) atoms. The van der Waals surface area contributed by atoms with Gasteiger partial charge in [0.05, 0.1) is 23.9 Å². The summed E-state index contributed by atoms with van der Waals surface area (Å²) in [5.41, 5.74) is 6.09. The molecule has 2 aromatic rings. The van der Waals surface area contributed by atoms with Crippen LogP contribution in [0.4, 0.5) is 11.4 Å². The first kappa shape index (κ1) is 24.1. The summed E-state index contributed by atoms with van der Waals surface area (Å²) in [5, 5.41) is 20.4. The third-order valence-electron chi connectivity index (χ3n) is 7.45. The average molecular weight is 500 g/mol. The van der Waals surface area contributed by atoms with Crippen LogP contribution in [-0.2, 0) is 35.9 Å². The number of hydrogen-bond donors (Lipinski definition) is 1. The Morgan fingerprint density at radius 1 is 1.17 bits per heavy atom. The van der Waals surface area contributed by atoms with Gasteiger partial charge in [0, 0.05) is 24.5 Å². The van der Waals surface area contributed by atoms with Gasteiger partial charge >= 0.3 is 10.2 Å². The molecule has 1 aromatic carbocycles. The second kappa shape index (κ2) is 9.46. The van der Waals surface area contributed by atoms with E-state index in [-0.39, 0.29) is 12.1 Å². The predicted octanol–water partition coefficient (Wildman–Crippen LogP) is 2.42. The van der Waals surface area contributed by atoms with Crippen molar-refractivity contribution in [2.24, 2.45) is 4.40 Å². The lowest BCUT2D eigenvalue weighted by atomic mass is 9.99. The lowest BCUT2D eigenvalue weighted by molar-refractivity contribution is -0.213. The van der Waals surface area contributed by atoms with Crippen LogP contribution in [-0.4, -0.2) is 55.3 Å². The maximum Gasteiger partial charge on any atom is 0.345 e. The Hall–Kier alpha value is -2.59. The highest BCUT2D eigenvalue weighted by atomic mass is 32.2. The van der Waals surface area contributed by atoms with Gasteiger partial charge in [-0.2, -0.15) is 13.5 Å². The molecule has 1 aliphatic heterocycles. The van der Waals surface area contributed by atoms with Crippen LogP contribution in [0, 0.1) is 0 Å². The van der Waals surface area contributed by atoms with Crippen LogP contribution in [0.5, 0.6) is 0 Å². The Morgan fingerprint density at radius 2 is 1.86 bits per heavy atom. The van der Waals surface area contributed by atoms with Crippen molar-refractivity contribution in [2.45, 2.75) is 77.3 Å². The number of likely N-dealkylation sites (tertiary alicyclic amines) is 1. The fourth-order valence-corrected chi connectivity index (χ4v) is 7.09. The molecule has 0 bridgehead atoms. The molecular formula is C25H35N6O3S-. The van der Waals surface area contributed by atoms with Gasteiger partial charge in [-0.05, 0) is 101 Å².